The summed E-state index contributed by atoms with van der Waals surface area (Å²) in [5, 5.41) is 2.97. The van der Waals surface area contributed by atoms with E-state index in [0.29, 0.717) is 13.0 Å². The van der Waals surface area contributed by atoms with Crippen LogP contribution in [-0.2, 0) is 21.5 Å². The maximum Gasteiger partial charge on any atom is 0.221 e. The molecule has 1 aromatic rings. The molecule has 0 atom stereocenters. The van der Waals surface area contributed by atoms with Crippen molar-refractivity contribution in [2.24, 2.45) is 0 Å². The highest BCUT2D eigenvalue weighted by Gasteiger charge is 2.20. The zero-order valence-electron chi connectivity index (χ0n) is 13.8. The molecule has 0 bridgehead atoms. The summed E-state index contributed by atoms with van der Waals surface area (Å²) in [5.74, 6) is 0.0650. The van der Waals surface area contributed by atoms with Gasteiger partial charge in [-0.2, -0.15) is 0 Å². The third kappa shape index (κ3) is 5.03. The highest BCUT2D eigenvalue weighted by atomic mass is 16.5. The second-order valence-corrected chi connectivity index (χ2v) is 6.63. The van der Waals surface area contributed by atoms with Gasteiger partial charge in [0.15, 0.2) is 0 Å². The van der Waals surface area contributed by atoms with Crippen molar-refractivity contribution in [1.82, 2.24) is 20.2 Å². The van der Waals surface area contributed by atoms with Crippen molar-refractivity contribution in [2.75, 3.05) is 32.8 Å². The Morgan fingerprint density at radius 2 is 2.09 bits per heavy atom. The Kier molecular flexibility index (Phi) is 5.85. The Morgan fingerprint density at radius 1 is 1.36 bits per heavy atom. The highest BCUT2D eigenvalue weighted by Crippen LogP contribution is 2.22. The van der Waals surface area contributed by atoms with Crippen LogP contribution in [0.4, 0.5) is 0 Å². The fourth-order valence-electron chi connectivity index (χ4n) is 2.53. The first kappa shape index (κ1) is 16.8. The van der Waals surface area contributed by atoms with Gasteiger partial charge in [-0.15, -0.1) is 0 Å². The van der Waals surface area contributed by atoms with Gasteiger partial charge in [-0.05, 0) is 0 Å². The predicted octanol–water partition coefficient (Wildman–Crippen LogP) is 1.11. The Balaban J connectivity index is 1.81. The minimum atomic E-state index is -0.0587. The van der Waals surface area contributed by atoms with Crippen LogP contribution < -0.4 is 5.32 Å². The first-order valence-corrected chi connectivity index (χ1v) is 7.83. The van der Waals surface area contributed by atoms with Crippen LogP contribution in [0.1, 0.15) is 38.4 Å². The summed E-state index contributed by atoms with van der Waals surface area (Å²) in [7, 11) is 0. The number of ether oxygens (including phenoxy) is 1. The topological polar surface area (TPSA) is 67.4 Å². The lowest BCUT2D eigenvalue weighted by Gasteiger charge is -2.26. The Bertz CT molecular complexity index is 493. The molecule has 1 aromatic heterocycles. The maximum atomic E-state index is 12.0. The quantitative estimate of drug-likeness (QED) is 0.883. The number of hydrogen-bond donors (Lipinski definition) is 1. The molecule has 0 radical (unpaired) electrons. The number of nitrogens with zero attached hydrogens (tertiary/aromatic N) is 3. The maximum absolute atomic E-state index is 12.0. The van der Waals surface area contributed by atoms with Crippen LogP contribution in [0.3, 0.4) is 0 Å². The minimum absolute atomic E-state index is 0.0587. The molecule has 6 nitrogen and oxygen atoms in total. The number of amides is 1. The van der Waals surface area contributed by atoms with Crippen LogP contribution in [0.2, 0.25) is 0 Å². The van der Waals surface area contributed by atoms with Crippen LogP contribution in [-0.4, -0.2) is 53.6 Å². The molecule has 1 aliphatic heterocycles. The first-order chi connectivity index (χ1) is 10.5. The van der Waals surface area contributed by atoms with E-state index in [1.165, 1.54) is 0 Å². The molecule has 2 heterocycles. The van der Waals surface area contributed by atoms with Gasteiger partial charge < -0.3 is 10.1 Å². The Labute approximate surface area is 132 Å². The summed E-state index contributed by atoms with van der Waals surface area (Å²) in [6.07, 6.45) is 3.86. The van der Waals surface area contributed by atoms with Gasteiger partial charge >= 0.3 is 0 Å². The molecular weight excluding hydrogens is 280 g/mol. The molecule has 22 heavy (non-hydrogen) atoms. The van der Waals surface area contributed by atoms with Gasteiger partial charge in [-0.3, -0.25) is 9.69 Å². The molecule has 0 aromatic carbocycles. The monoisotopic (exact) mass is 306 g/mol. The fraction of sp³-hybridized carbons (Fsp3) is 0.688. The number of carbonyl (C=O) groups is 1. The molecule has 1 fully saturated rings. The van der Waals surface area contributed by atoms with E-state index in [2.05, 4.69) is 41.0 Å². The zero-order chi connectivity index (χ0) is 16.0. The SMILES string of the molecule is CC(C)(C)c1ncncc1CNC(=O)CCN1CCOCC1. The lowest BCUT2D eigenvalue weighted by molar-refractivity contribution is -0.121. The van der Waals surface area contributed by atoms with Gasteiger partial charge in [0.2, 0.25) is 5.91 Å². The Morgan fingerprint density at radius 3 is 2.77 bits per heavy atom. The summed E-state index contributed by atoms with van der Waals surface area (Å²) in [6.45, 7) is 10.9. The number of nitrogens with one attached hydrogen (secondary N) is 1. The lowest BCUT2D eigenvalue weighted by Crippen LogP contribution is -2.38. The molecule has 0 spiro atoms. The standard InChI is InChI=1S/C16H26N4O2/c1-16(2,3)15-13(10-17-12-19-15)11-18-14(21)4-5-20-6-8-22-9-7-20/h10,12H,4-9,11H2,1-3H3,(H,18,21). The number of hydrogen-bond acceptors (Lipinski definition) is 5. The third-order valence-corrected chi connectivity index (χ3v) is 3.73. The van der Waals surface area contributed by atoms with Crippen LogP contribution >= 0.6 is 0 Å². The van der Waals surface area contributed by atoms with Gasteiger partial charge in [-0.25, -0.2) is 9.97 Å². The first-order valence-electron chi connectivity index (χ1n) is 7.83. The van der Waals surface area contributed by atoms with E-state index < -0.39 is 0 Å². The second-order valence-electron chi connectivity index (χ2n) is 6.63. The summed E-state index contributed by atoms with van der Waals surface area (Å²) < 4.78 is 5.30. The molecule has 122 valence electrons. The molecule has 1 saturated heterocycles. The molecule has 1 N–H and O–H groups in total. The van der Waals surface area contributed by atoms with Crippen molar-refractivity contribution in [2.45, 2.75) is 39.2 Å². The van der Waals surface area contributed by atoms with E-state index in [0.717, 1.165) is 44.1 Å². The number of aromatic nitrogens is 2. The summed E-state index contributed by atoms with van der Waals surface area (Å²) in [6, 6.07) is 0. The van der Waals surface area contributed by atoms with E-state index in [1.54, 1.807) is 12.5 Å². The van der Waals surface area contributed by atoms with Crippen molar-refractivity contribution in [3.63, 3.8) is 0 Å². The van der Waals surface area contributed by atoms with Crippen molar-refractivity contribution in [3.05, 3.63) is 23.8 Å². The summed E-state index contributed by atoms with van der Waals surface area (Å²) in [5.41, 5.74) is 1.90. The molecular formula is C16H26N4O2. The fourth-order valence-corrected chi connectivity index (χ4v) is 2.53. The van der Waals surface area contributed by atoms with Crippen molar-refractivity contribution >= 4 is 5.91 Å². The van der Waals surface area contributed by atoms with Crippen LogP contribution in [0.15, 0.2) is 12.5 Å². The molecule has 1 amide bonds. The van der Waals surface area contributed by atoms with Gasteiger partial charge in [0.1, 0.15) is 6.33 Å². The third-order valence-electron chi connectivity index (χ3n) is 3.73. The largest absolute Gasteiger partial charge is 0.379 e. The highest BCUT2D eigenvalue weighted by molar-refractivity contribution is 5.76. The molecule has 0 saturated carbocycles. The molecule has 1 aliphatic rings. The van der Waals surface area contributed by atoms with Crippen molar-refractivity contribution in [1.29, 1.82) is 0 Å². The smallest absolute Gasteiger partial charge is 0.221 e. The van der Waals surface area contributed by atoms with Gasteiger partial charge in [-0.1, -0.05) is 20.8 Å². The average molecular weight is 306 g/mol. The number of rotatable bonds is 5. The molecule has 6 heteroatoms. The van der Waals surface area contributed by atoms with Crippen molar-refractivity contribution < 1.29 is 9.53 Å². The zero-order valence-corrected chi connectivity index (χ0v) is 13.8. The number of carbonyl (C=O) groups excluding carboxylic acids is 1. The van der Waals surface area contributed by atoms with E-state index >= 15 is 0 Å². The van der Waals surface area contributed by atoms with Crippen LogP contribution in [0, 0.1) is 0 Å². The lowest BCUT2D eigenvalue weighted by atomic mass is 9.89. The van der Waals surface area contributed by atoms with Crippen LogP contribution in [0.5, 0.6) is 0 Å². The second kappa shape index (κ2) is 7.65. The summed E-state index contributed by atoms with van der Waals surface area (Å²) in [4.78, 5) is 22.7. The summed E-state index contributed by atoms with van der Waals surface area (Å²) >= 11 is 0. The molecule has 0 aliphatic carbocycles. The van der Waals surface area contributed by atoms with Crippen molar-refractivity contribution in [3.8, 4) is 0 Å². The normalized spacial score (nSPS) is 16.5. The van der Waals surface area contributed by atoms with Gasteiger partial charge in [0, 0.05) is 49.8 Å². The Hall–Kier alpha value is -1.53. The number of morpholine rings is 1. The van der Waals surface area contributed by atoms with Gasteiger partial charge in [0.05, 0.1) is 18.9 Å². The van der Waals surface area contributed by atoms with E-state index in [9.17, 15) is 4.79 Å². The molecule has 0 unspecified atom stereocenters. The van der Waals surface area contributed by atoms with E-state index in [-0.39, 0.29) is 11.3 Å². The molecule has 2 rings (SSSR count). The van der Waals surface area contributed by atoms with Gasteiger partial charge in [0.25, 0.3) is 0 Å². The van der Waals surface area contributed by atoms with E-state index in [4.69, 9.17) is 4.74 Å². The predicted molar refractivity (Wildman–Crippen MR) is 84.5 cm³/mol. The minimum Gasteiger partial charge on any atom is -0.379 e. The van der Waals surface area contributed by atoms with E-state index in [1.807, 2.05) is 0 Å². The average Bonchev–Trinajstić information content (AvgIpc) is 2.51. The van der Waals surface area contributed by atoms with Crippen LogP contribution in [0.25, 0.3) is 0 Å².